The minimum atomic E-state index is -0.408. The highest BCUT2D eigenvalue weighted by atomic mass is 32.2. The number of carbonyl (C=O) groups excluding carboxylic acids is 1. The summed E-state index contributed by atoms with van der Waals surface area (Å²) in [5, 5.41) is 16.4. The predicted octanol–water partition coefficient (Wildman–Crippen LogP) is 3.67. The lowest BCUT2D eigenvalue weighted by molar-refractivity contribution is -0.385. The van der Waals surface area contributed by atoms with Crippen molar-refractivity contribution < 1.29 is 14.1 Å². The molecule has 128 valence electrons. The van der Waals surface area contributed by atoms with Gasteiger partial charge in [-0.2, -0.15) is 10.1 Å². The van der Waals surface area contributed by atoms with Crippen LogP contribution in [-0.4, -0.2) is 32.1 Å². The molecule has 0 N–H and O–H groups in total. The second-order valence-corrected chi connectivity index (χ2v) is 7.01. The van der Waals surface area contributed by atoms with Gasteiger partial charge in [-0.1, -0.05) is 24.0 Å². The Morgan fingerprint density at radius 2 is 2.16 bits per heavy atom. The molecule has 1 saturated heterocycles. The van der Waals surface area contributed by atoms with Gasteiger partial charge < -0.3 is 4.42 Å². The number of hydrogen-bond acceptors (Lipinski definition) is 7. The van der Waals surface area contributed by atoms with Crippen LogP contribution in [0.25, 0.3) is 11.3 Å². The number of aryl methyl sites for hydroxylation is 1. The Hall–Kier alpha value is -2.52. The number of nitrogens with zero attached hydrogens (tertiary/aromatic N) is 3. The first-order chi connectivity index (χ1) is 11.9. The Labute approximate surface area is 152 Å². The maximum Gasteiger partial charge on any atom is 0.273 e. The van der Waals surface area contributed by atoms with Crippen molar-refractivity contribution in [3.8, 4) is 11.3 Å². The molecule has 9 heteroatoms. The summed E-state index contributed by atoms with van der Waals surface area (Å²) in [5.41, 5.74) is 2.09. The van der Waals surface area contributed by atoms with Gasteiger partial charge in [-0.3, -0.25) is 14.9 Å². The van der Waals surface area contributed by atoms with Gasteiger partial charge in [0.1, 0.15) is 11.5 Å². The maximum absolute atomic E-state index is 11.6. The van der Waals surface area contributed by atoms with Gasteiger partial charge in [0, 0.05) is 17.2 Å². The minimum Gasteiger partial charge on any atom is -0.455 e. The first kappa shape index (κ1) is 17.3. The molecule has 1 amide bonds. The highest BCUT2D eigenvalue weighted by Gasteiger charge is 2.26. The third kappa shape index (κ3) is 3.47. The molecule has 0 spiro atoms. The number of thiocarbonyl (C=S) groups is 1. The number of nitro benzene ring substituents is 1. The summed E-state index contributed by atoms with van der Waals surface area (Å²) in [5.74, 6) is 1.01. The zero-order chi connectivity index (χ0) is 18.1. The number of furan rings is 1. The van der Waals surface area contributed by atoms with Crippen molar-refractivity contribution in [2.75, 3.05) is 5.75 Å². The van der Waals surface area contributed by atoms with Crippen LogP contribution in [-0.2, 0) is 4.79 Å². The predicted molar refractivity (Wildman–Crippen MR) is 99.8 cm³/mol. The van der Waals surface area contributed by atoms with Gasteiger partial charge in [-0.25, -0.2) is 0 Å². The van der Waals surface area contributed by atoms with Crippen LogP contribution in [0.5, 0.6) is 0 Å². The minimum absolute atomic E-state index is 0.0478. The topological polar surface area (TPSA) is 89.0 Å². The molecule has 1 aromatic carbocycles. The van der Waals surface area contributed by atoms with Gasteiger partial charge in [0.2, 0.25) is 0 Å². The monoisotopic (exact) mass is 375 g/mol. The van der Waals surface area contributed by atoms with Gasteiger partial charge in [-0.15, -0.1) is 0 Å². The summed E-state index contributed by atoms with van der Waals surface area (Å²) in [6.45, 7) is 3.53. The van der Waals surface area contributed by atoms with Crippen LogP contribution in [0.3, 0.4) is 0 Å². The second-order valence-electron chi connectivity index (χ2n) is 5.40. The molecule has 0 radical (unpaired) electrons. The lowest BCUT2D eigenvalue weighted by atomic mass is 10.0. The van der Waals surface area contributed by atoms with E-state index in [4.69, 9.17) is 16.6 Å². The second kappa shape index (κ2) is 6.77. The van der Waals surface area contributed by atoms with Crippen molar-refractivity contribution in [2.24, 2.45) is 5.10 Å². The summed E-state index contributed by atoms with van der Waals surface area (Å²) in [4.78, 5) is 22.4. The first-order valence-corrected chi connectivity index (χ1v) is 8.65. The average molecular weight is 375 g/mol. The Bertz CT molecular complexity index is 904. The van der Waals surface area contributed by atoms with E-state index in [1.807, 2.05) is 13.0 Å². The molecular formula is C16H13N3O4S2. The largest absolute Gasteiger partial charge is 0.455 e. The number of hydrazone groups is 1. The highest BCUT2D eigenvalue weighted by molar-refractivity contribution is 8.23. The fourth-order valence-corrected chi connectivity index (χ4v) is 3.29. The molecule has 1 aliphatic rings. The number of rotatable bonds is 4. The molecule has 1 fully saturated rings. The van der Waals surface area contributed by atoms with E-state index in [9.17, 15) is 14.9 Å². The number of carbonyl (C=O) groups is 1. The van der Waals surface area contributed by atoms with Gasteiger partial charge in [0.25, 0.3) is 11.6 Å². The van der Waals surface area contributed by atoms with E-state index in [0.29, 0.717) is 27.0 Å². The quantitative estimate of drug-likeness (QED) is 0.351. The third-order valence-corrected chi connectivity index (χ3v) is 5.11. The number of thioether (sulfide) groups is 1. The van der Waals surface area contributed by atoms with E-state index >= 15 is 0 Å². The van der Waals surface area contributed by atoms with Crippen LogP contribution >= 0.6 is 24.0 Å². The summed E-state index contributed by atoms with van der Waals surface area (Å²) < 4.78 is 6.07. The SMILES string of the molecule is Cc1cc(-c2ccc(/C=N/N3C(=O)CSC3=S)o2)cc([N+](=O)[O-])c1C. The van der Waals surface area contributed by atoms with E-state index in [0.717, 1.165) is 10.6 Å². The van der Waals surface area contributed by atoms with Crippen LogP contribution in [0.2, 0.25) is 0 Å². The molecule has 3 rings (SSSR count). The van der Waals surface area contributed by atoms with Crippen molar-refractivity contribution >= 4 is 46.1 Å². The highest BCUT2D eigenvalue weighted by Crippen LogP contribution is 2.30. The zero-order valence-electron chi connectivity index (χ0n) is 13.4. The van der Waals surface area contributed by atoms with Crippen molar-refractivity contribution in [2.45, 2.75) is 13.8 Å². The lowest BCUT2D eigenvalue weighted by Crippen LogP contribution is -2.22. The molecule has 0 atom stereocenters. The number of nitro groups is 1. The fourth-order valence-electron chi connectivity index (χ4n) is 2.32. The molecule has 25 heavy (non-hydrogen) atoms. The van der Waals surface area contributed by atoms with Gasteiger partial charge in [0.15, 0.2) is 4.32 Å². The Morgan fingerprint density at radius 1 is 1.40 bits per heavy atom. The molecule has 2 heterocycles. The fraction of sp³-hybridized carbons (Fsp3) is 0.188. The summed E-state index contributed by atoms with van der Waals surface area (Å²) >= 11 is 6.30. The smallest absolute Gasteiger partial charge is 0.273 e. The molecule has 1 aliphatic heterocycles. The van der Waals surface area contributed by atoms with Gasteiger partial charge in [-0.05, 0) is 37.6 Å². The van der Waals surface area contributed by atoms with Crippen LogP contribution in [0.1, 0.15) is 16.9 Å². The summed E-state index contributed by atoms with van der Waals surface area (Å²) in [6.07, 6.45) is 1.40. The summed E-state index contributed by atoms with van der Waals surface area (Å²) in [7, 11) is 0. The maximum atomic E-state index is 11.6. The molecule has 0 bridgehead atoms. The lowest BCUT2D eigenvalue weighted by Gasteiger charge is -2.05. The molecule has 7 nitrogen and oxygen atoms in total. The van der Waals surface area contributed by atoms with Crippen molar-refractivity contribution in [1.29, 1.82) is 0 Å². The summed E-state index contributed by atoms with van der Waals surface area (Å²) in [6, 6.07) is 6.69. The molecule has 0 unspecified atom stereocenters. The van der Waals surface area contributed by atoms with E-state index in [1.54, 1.807) is 19.1 Å². The number of amides is 1. The van der Waals surface area contributed by atoms with Crippen LogP contribution in [0.4, 0.5) is 5.69 Å². The van der Waals surface area contributed by atoms with E-state index in [2.05, 4.69) is 5.10 Å². The van der Waals surface area contributed by atoms with Crippen LogP contribution in [0.15, 0.2) is 33.8 Å². The normalized spacial score (nSPS) is 14.7. The standard InChI is InChI=1S/C16H13N3O4S2/c1-9-5-11(6-13(10(9)2)19(21)22)14-4-3-12(23-14)7-17-18-15(20)8-25-16(18)24/h3-7H,8H2,1-2H3/b17-7+. The van der Waals surface area contributed by atoms with E-state index in [-0.39, 0.29) is 17.3 Å². The average Bonchev–Trinajstić information content (AvgIpc) is 3.15. The van der Waals surface area contributed by atoms with Crippen molar-refractivity contribution in [3.05, 3.63) is 51.3 Å². The molecule has 0 aliphatic carbocycles. The molecule has 1 aromatic heterocycles. The molecule has 2 aromatic rings. The number of hydrogen-bond donors (Lipinski definition) is 0. The van der Waals surface area contributed by atoms with Crippen LogP contribution < -0.4 is 0 Å². The Morgan fingerprint density at radius 3 is 2.80 bits per heavy atom. The van der Waals surface area contributed by atoms with Crippen molar-refractivity contribution in [1.82, 2.24) is 5.01 Å². The Kier molecular flexibility index (Phi) is 4.69. The van der Waals surface area contributed by atoms with Crippen molar-refractivity contribution in [3.63, 3.8) is 0 Å². The zero-order valence-corrected chi connectivity index (χ0v) is 15.0. The van der Waals surface area contributed by atoms with Crippen LogP contribution in [0, 0.1) is 24.0 Å². The molecular weight excluding hydrogens is 362 g/mol. The third-order valence-electron chi connectivity index (χ3n) is 3.78. The van der Waals surface area contributed by atoms with Gasteiger partial charge >= 0.3 is 0 Å². The van der Waals surface area contributed by atoms with E-state index < -0.39 is 4.92 Å². The molecule has 0 saturated carbocycles. The Balaban J connectivity index is 1.88. The van der Waals surface area contributed by atoms with Gasteiger partial charge in [0.05, 0.1) is 16.9 Å². The first-order valence-electron chi connectivity index (χ1n) is 7.26. The number of benzene rings is 1. The van der Waals surface area contributed by atoms with E-state index in [1.165, 1.54) is 24.0 Å².